The Bertz CT molecular complexity index is 583. The summed E-state index contributed by atoms with van der Waals surface area (Å²) in [6.07, 6.45) is 0.884. The highest BCUT2D eigenvalue weighted by molar-refractivity contribution is 7.16. The fraction of sp³-hybridized carbons (Fsp3) is 0.267. The van der Waals surface area contributed by atoms with Crippen molar-refractivity contribution in [3.05, 3.63) is 51.2 Å². The fourth-order valence-electron chi connectivity index (χ4n) is 1.81. The molecule has 1 amide bonds. The molecule has 1 aromatic heterocycles. The molecule has 0 saturated carbocycles. The normalized spacial score (nSPS) is 10.5. The van der Waals surface area contributed by atoms with Gasteiger partial charge in [-0.3, -0.25) is 4.79 Å². The smallest absolute Gasteiger partial charge is 0.238 e. The zero-order valence-corrected chi connectivity index (χ0v) is 12.9. The van der Waals surface area contributed by atoms with Crippen LogP contribution in [0.25, 0.3) is 0 Å². The van der Waals surface area contributed by atoms with E-state index in [0.717, 1.165) is 28.6 Å². The van der Waals surface area contributed by atoms with Gasteiger partial charge in [0.15, 0.2) is 0 Å². The van der Waals surface area contributed by atoms with E-state index >= 15 is 0 Å². The molecule has 0 saturated heterocycles. The van der Waals surface area contributed by atoms with Crippen LogP contribution in [0.15, 0.2) is 36.4 Å². The van der Waals surface area contributed by atoms with Gasteiger partial charge >= 0.3 is 0 Å². The van der Waals surface area contributed by atoms with E-state index in [2.05, 4.69) is 10.6 Å². The lowest BCUT2D eigenvalue weighted by molar-refractivity contribution is -0.115. The highest BCUT2D eigenvalue weighted by Crippen LogP contribution is 2.21. The highest BCUT2D eigenvalue weighted by Gasteiger charge is 2.04. The van der Waals surface area contributed by atoms with Crippen LogP contribution in [0.4, 0.5) is 5.69 Å². The number of hydrogen-bond acceptors (Lipinski definition) is 3. The van der Waals surface area contributed by atoms with Crippen molar-refractivity contribution in [3.63, 3.8) is 0 Å². The Morgan fingerprint density at radius 3 is 2.75 bits per heavy atom. The molecule has 5 heteroatoms. The summed E-state index contributed by atoms with van der Waals surface area (Å²) in [4.78, 5) is 13.0. The molecule has 0 atom stereocenters. The van der Waals surface area contributed by atoms with E-state index in [1.165, 1.54) is 4.88 Å². The van der Waals surface area contributed by atoms with Crippen molar-refractivity contribution in [2.24, 2.45) is 0 Å². The molecule has 3 nitrogen and oxygen atoms in total. The molecule has 20 heavy (non-hydrogen) atoms. The first-order chi connectivity index (χ1) is 9.65. The van der Waals surface area contributed by atoms with Crippen LogP contribution < -0.4 is 10.6 Å². The summed E-state index contributed by atoms with van der Waals surface area (Å²) >= 11 is 7.44. The molecule has 2 N–H and O–H groups in total. The summed E-state index contributed by atoms with van der Waals surface area (Å²) in [5.74, 6) is -0.0245. The molecule has 0 radical (unpaired) electrons. The predicted octanol–water partition coefficient (Wildman–Crippen LogP) is 3.48. The standard InChI is InChI=1S/C15H17ClN2OS/c1-11-4-2-3-5-13(11)18-15(19)10-17-9-8-12-6-7-14(16)20-12/h2-7,17H,8-10H2,1H3,(H,18,19). The average molecular weight is 309 g/mol. The van der Waals surface area contributed by atoms with Crippen LogP contribution in [0.3, 0.4) is 0 Å². The van der Waals surface area contributed by atoms with E-state index in [0.29, 0.717) is 6.54 Å². The molecule has 0 fully saturated rings. The minimum absolute atomic E-state index is 0.0245. The summed E-state index contributed by atoms with van der Waals surface area (Å²) in [5.41, 5.74) is 1.93. The number of rotatable bonds is 6. The highest BCUT2D eigenvalue weighted by atomic mass is 35.5. The van der Waals surface area contributed by atoms with Crippen LogP contribution in [-0.4, -0.2) is 19.0 Å². The number of halogens is 1. The molecule has 0 aliphatic carbocycles. The van der Waals surface area contributed by atoms with Crippen LogP contribution >= 0.6 is 22.9 Å². The van der Waals surface area contributed by atoms with Gasteiger partial charge in [0.05, 0.1) is 10.9 Å². The Kier molecular flexibility index (Phi) is 5.59. The largest absolute Gasteiger partial charge is 0.325 e. The minimum Gasteiger partial charge on any atom is -0.325 e. The molecule has 1 aromatic carbocycles. The first-order valence-corrected chi connectivity index (χ1v) is 7.65. The van der Waals surface area contributed by atoms with Crippen molar-refractivity contribution in [1.29, 1.82) is 0 Å². The van der Waals surface area contributed by atoms with Crippen molar-refractivity contribution in [1.82, 2.24) is 5.32 Å². The van der Waals surface area contributed by atoms with E-state index in [4.69, 9.17) is 11.6 Å². The maximum absolute atomic E-state index is 11.8. The summed E-state index contributed by atoms with van der Waals surface area (Å²) in [7, 11) is 0. The predicted molar refractivity (Wildman–Crippen MR) is 85.7 cm³/mol. The lowest BCUT2D eigenvalue weighted by Crippen LogP contribution is -2.29. The SMILES string of the molecule is Cc1ccccc1NC(=O)CNCCc1ccc(Cl)s1. The topological polar surface area (TPSA) is 41.1 Å². The molecule has 2 aromatic rings. The van der Waals surface area contributed by atoms with Crippen LogP contribution in [0, 0.1) is 6.92 Å². The Labute approximate surface area is 128 Å². The third-order valence-corrected chi connectivity index (χ3v) is 4.17. The molecule has 0 spiro atoms. The Morgan fingerprint density at radius 1 is 1.25 bits per heavy atom. The van der Waals surface area contributed by atoms with Gasteiger partial charge in [0, 0.05) is 17.1 Å². The Morgan fingerprint density at radius 2 is 2.05 bits per heavy atom. The minimum atomic E-state index is -0.0245. The first kappa shape index (κ1) is 15.0. The molecule has 0 aliphatic rings. The van der Waals surface area contributed by atoms with E-state index < -0.39 is 0 Å². The van der Waals surface area contributed by atoms with Gasteiger partial charge in [0.1, 0.15) is 0 Å². The maximum Gasteiger partial charge on any atom is 0.238 e. The third kappa shape index (κ3) is 4.63. The van der Waals surface area contributed by atoms with Crippen molar-refractivity contribution in [2.75, 3.05) is 18.4 Å². The number of hydrogen-bond donors (Lipinski definition) is 2. The molecular weight excluding hydrogens is 292 g/mol. The Hall–Kier alpha value is -1.36. The summed E-state index contributed by atoms with van der Waals surface area (Å²) in [6.45, 7) is 3.05. The van der Waals surface area contributed by atoms with E-state index in [1.54, 1.807) is 11.3 Å². The third-order valence-electron chi connectivity index (χ3n) is 2.88. The van der Waals surface area contributed by atoms with Gasteiger partial charge in [0.25, 0.3) is 0 Å². The van der Waals surface area contributed by atoms with Gasteiger partial charge < -0.3 is 10.6 Å². The van der Waals surface area contributed by atoms with E-state index in [9.17, 15) is 4.79 Å². The molecule has 0 aliphatic heterocycles. The van der Waals surface area contributed by atoms with Crippen molar-refractivity contribution in [3.8, 4) is 0 Å². The molecule has 0 bridgehead atoms. The van der Waals surface area contributed by atoms with Gasteiger partial charge in [-0.1, -0.05) is 29.8 Å². The van der Waals surface area contributed by atoms with E-state index in [1.807, 2.05) is 43.3 Å². The zero-order valence-electron chi connectivity index (χ0n) is 11.3. The quantitative estimate of drug-likeness (QED) is 0.802. The second-order valence-electron chi connectivity index (χ2n) is 4.50. The zero-order chi connectivity index (χ0) is 14.4. The summed E-state index contributed by atoms with van der Waals surface area (Å²) < 4.78 is 0.803. The number of anilines is 1. The van der Waals surface area contributed by atoms with Gasteiger partial charge in [-0.15, -0.1) is 11.3 Å². The van der Waals surface area contributed by atoms with Crippen LogP contribution in [0.2, 0.25) is 4.34 Å². The number of nitrogens with one attached hydrogen (secondary N) is 2. The molecule has 1 heterocycles. The van der Waals surface area contributed by atoms with E-state index in [-0.39, 0.29) is 5.91 Å². The van der Waals surface area contributed by atoms with Crippen LogP contribution in [0.1, 0.15) is 10.4 Å². The summed E-state index contributed by atoms with van der Waals surface area (Å²) in [5, 5.41) is 6.03. The number of carbonyl (C=O) groups excluding carboxylic acids is 1. The summed E-state index contributed by atoms with van der Waals surface area (Å²) in [6, 6.07) is 11.7. The van der Waals surface area contributed by atoms with Gasteiger partial charge in [-0.25, -0.2) is 0 Å². The number of benzene rings is 1. The monoisotopic (exact) mass is 308 g/mol. The molecule has 106 valence electrons. The maximum atomic E-state index is 11.8. The number of carbonyl (C=O) groups is 1. The Balaban J connectivity index is 1.69. The van der Waals surface area contributed by atoms with Gasteiger partial charge in [-0.05, 0) is 37.1 Å². The van der Waals surface area contributed by atoms with Gasteiger partial charge in [0.2, 0.25) is 5.91 Å². The second-order valence-corrected chi connectivity index (χ2v) is 6.30. The number of para-hydroxylation sites is 1. The first-order valence-electron chi connectivity index (χ1n) is 6.45. The lowest BCUT2D eigenvalue weighted by atomic mass is 10.2. The fourth-order valence-corrected chi connectivity index (χ4v) is 2.89. The van der Waals surface area contributed by atoms with Gasteiger partial charge in [-0.2, -0.15) is 0 Å². The second kappa shape index (κ2) is 7.43. The molecule has 2 rings (SSSR count). The lowest BCUT2D eigenvalue weighted by Gasteiger charge is -2.08. The molecule has 0 unspecified atom stereocenters. The van der Waals surface area contributed by atoms with Crippen LogP contribution in [-0.2, 0) is 11.2 Å². The average Bonchev–Trinajstić information content (AvgIpc) is 2.83. The van der Waals surface area contributed by atoms with Crippen molar-refractivity contribution in [2.45, 2.75) is 13.3 Å². The molecular formula is C15H17ClN2OS. The number of amides is 1. The van der Waals surface area contributed by atoms with Crippen molar-refractivity contribution >= 4 is 34.5 Å². The number of thiophene rings is 1. The van der Waals surface area contributed by atoms with Crippen LogP contribution in [0.5, 0.6) is 0 Å². The van der Waals surface area contributed by atoms with Crippen molar-refractivity contribution < 1.29 is 4.79 Å². The number of aryl methyl sites for hydroxylation is 1.